The second-order valence-corrected chi connectivity index (χ2v) is 13.1. The van der Waals surface area contributed by atoms with Gasteiger partial charge in [-0.15, -0.1) is 0 Å². The van der Waals surface area contributed by atoms with Gasteiger partial charge in [-0.25, -0.2) is 0 Å². The average Bonchev–Trinajstić information content (AvgIpc) is 3.56. The topological polar surface area (TPSA) is 144 Å². The number of hydrogen-bond donors (Lipinski definition) is 6. The minimum absolute atomic E-state index is 0.340. The van der Waals surface area contributed by atoms with Crippen LogP contribution in [0.2, 0.25) is 0 Å². The molecule has 226 valence electrons. The number of nitrogens with zero attached hydrogens (tertiary/aromatic N) is 4. The molecule has 5 rings (SSSR count). The van der Waals surface area contributed by atoms with Gasteiger partial charge in [-0.2, -0.15) is 9.97 Å². The molecular formula is C28H51N8O3P. The normalized spacial score (nSPS) is 27.6. The van der Waals surface area contributed by atoms with E-state index in [0.29, 0.717) is 42.9 Å². The van der Waals surface area contributed by atoms with E-state index in [-0.39, 0.29) is 0 Å². The summed E-state index contributed by atoms with van der Waals surface area (Å²) in [6, 6.07) is 3.46. The van der Waals surface area contributed by atoms with Crippen LogP contribution in [0.1, 0.15) is 70.6 Å². The average molecular weight is 579 g/mol. The molecule has 4 aliphatic rings. The van der Waals surface area contributed by atoms with Crippen LogP contribution in [-0.2, 0) is 4.52 Å². The van der Waals surface area contributed by atoms with Crippen molar-refractivity contribution in [2.45, 2.75) is 88.8 Å². The molecule has 2 aliphatic heterocycles. The Morgan fingerprint density at radius 2 is 1.73 bits per heavy atom. The van der Waals surface area contributed by atoms with Crippen LogP contribution in [0.25, 0.3) is 0 Å². The lowest BCUT2D eigenvalue weighted by atomic mass is 9.82. The molecule has 0 amide bonds. The summed E-state index contributed by atoms with van der Waals surface area (Å²) >= 11 is 0. The van der Waals surface area contributed by atoms with Gasteiger partial charge in [0.15, 0.2) is 0 Å². The Balaban J connectivity index is 0.966. The van der Waals surface area contributed by atoms with Gasteiger partial charge in [-0.05, 0) is 82.8 Å². The summed E-state index contributed by atoms with van der Waals surface area (Å²) in [6.45, 7) is 7.18. The second-order valence-electron chi connectivity index (χ2n) is 12.4. The Labute approximate surface area is 241 Å². The van der Waals surface area contributed by atoms with Crippen molar-refractivity contribution in [2.24, 2.45) is 11.8 Å². The van der Waals surface area contributed by atoms with Crippen LogP contribution in [0.15, 0.2) is 6.07 Å². The number of anilines is 3. The van der Waals surface area contributed by atoms with Crippen molar-refractivity contribution in [3.05, 3.63) is 6.07 Å². The third-order valence-electron chi connectivity index (χ3n) is 9.48. The van der Waals surface area contributed by atoms with E-state index in [0.717, 1.165) is 63.5 Å². The molecule has 1 aromatic heterocycles. The highest BCUT2D eigenvalue weighted by Gasteiger charge is 2.43. The molecule has 2 saturated heterocycles. The van der Waals surface area contributed by atoms with Crippen LogP contribution in [-0.4, -0.2) is 95.2 Å². The molecule has 0 radical (unpaired) electrons. The first-order valence-corrected chi connectivity index (χ1v) is 16.8. The van der Waals surface area contributed by atoms with Gasteiger partial charge in [0, 0.05) is 50.4 Å². The lowest BCUT2D eigenvalue weighted by molar-refractivity contribution is 0.174. The third-order valence-corrected chi connectivity index (χ3v) is 9.90. The van der Waals surface area contributed by atoms with Crippen molar-refractivity contribution in [3.63, 3.8) is 0 Å². The monoisotopic (exact) mass is 578 g/mol. The molecule has 4 fully saturated rings. The summed E-state index contributed by atoms with van der Waals surface area (Å²) in [4.78, 5) is 32.0. The molecule has 11 nitrogen and oxygen atoms in total. The zero-order valence-corrected chi connectivity index (χ0v) is 24.9. The first kappa shape index (κ1) is 30.1. The Morgan fingerprint density at radius 3 is 2.45 bits per heavy atom. The van der Waals surface area contributed by atoms with E-state index >= 15 is 0 Å². The molecule has 2 unspecified atom stereocenters. The van der Waals surface area contributed by atoms with Crippen molar-refractivity contribution in [1.82, 2.24) is 25.5 Å². The van der Waals surface area contributed by atoms with Gasteiger partial charge in [0.05, 0.1) is 6.61 Å². The zero-order valence-electron chi connectivity index (χ0n) is 24.0. The summed E-state index contributed by atoms with van der Waals surface area (Å²) in [5.74, 6) is 3.49. The molecule has 0 spiro atoms. The van der Waals surface area contributed by atoms with Crippen LogP contribution in [0.5, 0.6) is 0 Å². The number of nitrogens with two attached hydrogens (primary N) is 1. The minimum atomic E-state index is -2.28. The Hall–Kier alpha value is -1.33. The van der Waals surface area contributed by atoms with Crippen molar-refractivity contribution in [3.8, 4) is 0 Å². The largest absolute Gasteiger partial charge is 0.383 e. The Kier molecular flexibility index (Phi) is 11.5. The molecule has 12 heteroatoms. The fourth-order valence-electron chi connectivity index (χ4n) is 7.23. The second kappa shape index (κ2) is 15.2. The zero-order chi connectivity index (χ0) is 27.7. The van der Waals surface area contributed by atoms with Gasteiger partial charge in [0.1, 0.15) is 11.6 Å². The summed E-state index contributed by atoms with van der Waals surface area (Å²) in [6.07, 6.45) is 14.3. The van der Waals surface area contributed by atoms with E-state index in [1.165, 1.54) is 64.2 Å². The van der Waals surface area contributed by atoms with Crippen LogP contribution in [0.3, 0.4) is 0 Å². The smallest absolute Gasteiger partial charge is 0.327 e. The van der Waals surface area contributed by atoms with Crippen LogP contribution < -0.4 is 26.6 Å². The molecule has 2 bridgehead atoms. The van der Waals surface area contributed by atoms with E-state index in [1.54, 1.807) is 0 Å². The number of hydrogen-bond acceptors (Lipinski definition) is 11. The maximum Gasteiger partial charge on any atom is 0.327 e. The molecule has 3 heterocycles. The third kappa shape index (κ3) is 8.84. The fraction of sp³-hybridized carbons (Fsp3) is 0.857. The standard InChI is InChI=1S/C28H51N8O3P/c29-26-16-27(36-20-24-15-25(36)19-35(24)13-14-39-40(37)38)34-28(33-26)32-18-22-9-7-21(8-10-22)17-30-11-4-12-31-23-5-2-1-3-6-23/h16,21-25,30-31,37-38H,1-15,17-20H2,(H3,29,32,33,34). The van der Waals surface area contributed by atoms with Gasteiger partial charge in [-0.3, -0.25) is 4.90 Å². The molecule has 2 aliphatic carbocycles. The van der Waals surface area contributed by atoms with Gasteiger partial charge in [-0.1, -0.05) is 19.3 Å². The highest BCUT2D eigenvalue weighted by atomic mass is 31.2. The Bertz CT molecular complexity index is 900. The van der Waals surface area contributed by atoms with E-state index in [4.69, 9.17) is 25.0 Å². The van der Waals surface area contributed by atoms with Crippen LogP contribution >= 0.6 is 8.60 Å². The van der Waals surface area contributed by atoms with Crippen LogP contribution in [0, 0.1) is 11.8 Å². The van der Waals surface area contributed by atoms with Crippen molar-refractivity contribution >= 4 is 26.2 Å². The van der Waals surface area contributed by atoms with Gasteiger partial charge >= 0.3 is 8.60 Å². The van der Waals surface area contributed by atoms with Crippen molar-refractivity contribution in [2.75, 3.05) is 68.4 Å². The lowest BCUT2D eigenvalue weighted by Gasteiger charge is -2.35. The van der Waals surface area contributed by atoms with Crippen molar-refractivity contribution in [1.29, 1.82) is 0 Å². The highest BCUT2D eigenvalue weighted by Crippen LogP contribution is 2.35. The molecular weight excluding hydrogens is 527 g/mol. The van der Waals surface area contributed by atoms with Gasteiger partial charge < -0.3 is 40.9 Å². The summed E-state index contributed by atoms with van der Waals surface area (Å²) in [5, 5.41) is 11.0. The van der Waals surface area contributed by atoms with Crippen LogP contribution in [0.4, 0.5) is 17.6 Å². The number of fused-ring (bicyclic) bond motifs is 2. The highest BCUT2D eigenvalue weighted by molar-refractivity contribution is 7.39. The number of nitrogen functional groups attached to an aromatic ring is 1. The SMILES string of the molecule is Nc1cc(N2CC3CC2CN3CCOP(O)O)nc(NCC2CCC(CNCCCNC3CCCCC3)CC2)n1. The summed E-state index contributed by atoms with van der Waals surface area (Å²) in [7, 11) is -2.28. The first-order chi connectivity index (χ1) is 19.5. The number of piperazine rings is 1. The number of likely N-dealkylation sites (tertiary alicyclic amines) is 1. The van der Waals surface area contributed by atoms with Gasteiger partial charge in [0.2, 0.25) is 5.95 Å². The molecule has 2 saturated carbocycles. The maximum atomic E-state index is 8.96. The fourth-order valence-corrected chi connectivity index (χ4v) is 7.48. The first-order valence-electron chi connectivity index (χ1n) is 15.7. The Morgan fingerprint density at radius 1 is 0.950 bits per heavy atom. The van der Waals surface area contributed by atoms with Gasteiger partial charge in [0.25, 0.3) is 0 Å². The number of rotatable bonds is 15. The van der Waals surface area contributed by atoms with Crippen molar-refractivity contribution < 1.29 is 14.3 Å². The molecule has 2 atom stereocenters. The number of aromatic nitrogens is 2. The predicted molar refractivity (Wildman–Crippen MR) is 161 cm³/mol. The number of nitrogens with one attached hydrogen (secondary N) is 3. The summed E-state index contributed by atoms with van der Waals surface area (Å²) in [5.41, 5.74) is 6.19. The van der Waals surface area contributed by atoms with E-state index in [1.807, 2.05) is 6.07 Å². The quantitative estimate of drug-likeness (QED) is 0.135. The van der Waals surface area contributed by atoms with E-state index in [2.05, 4.69) is 30.7 Å². The van der Waals surface area contributed by atoms with E-state index < -0.39 is 8.60 Å². The molecule has 7 N–H and O–H groups in total. The summed E-state index contributed by atoms with van der Waals surface area (Å²) < 4.78 is 4.95. The predicted octanol–water partition coefficient (Wildman–Crippen LogP) is 2.67. The maximum absolute atomic E-state index is 8.96. The molecule has 0 aromatic carbocycles. The molecule has 1 aromatic rings. The lowest BCUT2D eigenvalue weighted by Crippen LogP contribution is -2.47. The minimum Gasteiger partial charge on any atom is -0.383 e. The van der Waals surface area contributed by atoms with E-state index in [9.17, 15) is 0 Å². The molecule has 40 heavy (non-hydrogen) atoms.